The van der Waals surface area contributed by atoms with Crippen molar-refractivity contribution in [1.82, 2.24) is 0 Å². The van der Waals surface area contributed by atoms with Gasteiger partial charge in [-0.2, -0.15) is 0 Å². The molecule has 2 unspecified atom stereocenters. The Kier molecular flexibility index (Phi) is 55.9. The average Bonchev–Trinajstić information content (AvgIpc) is 3.62. The Morgan fingerprint density at radius 1 is 0.318 bits per heavy atom. The second-order valence-electron chi connectivity index (χ2n) is 25.3. The van der Waals surface area contributed by atoms with Crippen LogP contribution in [0.5, 0.6) is 0 Å². The first kappa shape index (κ1) is 83.1. The summed E-state index contributed by atoms with van der Waals surface area (Å²) in [7, 11) is -9.89. The maximum Gasteiger partial charge on any atom is 0.472 e. The summed E-state index contributed by atoms with van der Waals surface area (Å²) in [6, 6.07) is 0. The Morgan fingerprint density at radius 2 is 0.541 bits per heavy atom. The van der Waals surface area contributed by atoms with Gasteiger partial charge in [-0.3, -0.25) is 37.3 Å². The minimum atomic E-state index is -4.95. The molecule has 0 fully saturated rings. The lowest BCUT2D eigenvalue weighted by atomic mass is 10.0. The molecule has 0 saturated carbocycles. The molecule has 0 rings (SSSR count). The first-order valence-electron chi connectivity index (χ1n) is 34.3. The molecule has 0 aliphatic rings. The van der Waals surface area contributed by atoms with Crippen LogP contribution in [0.3, 0.4) is 0 Å². The molecule has 19 heteroatoms. The van der Waals surface area contributed by atoms with Crippen LogP contribution < -0.4 is 0 Å². The SMILES string of the molecule is CCCCCCCCCCCC(=O)OC[C@H](COP(=O)(O)OC[C@H](O)COP(=O)(O)OC[C@@H](COC(=O)CCCCCCCCCC(C)C)OC(=O)CCCCCCCCCCCCCCCCC(C)C)OC(=O)CCCCCCCCC(C)C. The van der Waals surface area contributed by atoms with E-state index in [-0.39, 0.29) is 25.7 Å². The van der Waals surface area contributed by atoms with Gasteiger partial charge >= 0.3 is 39.5 Å². The standard InChI is InChI=1S/C66H128O17P2/c1-8-9-10-11-12-19-25-33-40-47-63(68)76-54-62(83-66(71)50-43-36-29-28-32-39-46-59(6)7)56-81-85(74,75)79-52-60(67)51-78-84(72,73)80-55-61(53-77-64(69)48-41-34-27-22-24-31-38-45-58(4)5)82-65(70)49-42-35-26-21-18-16-14-13-15-17-20-23-30-37-44-57(2)3/h57-62,67H,8-56H2,1-7H3,(H,72,73)(H,74,75)/t60-,61-,62-/m1/s1. The van der Waals surface area contributed by atoms with Crippen molar-refractivity contribution in [3.8, 4) is 0 Å². The molecule has 0 saturated heterocycles. The fraction of sp³-hybridized carbons (Fsp3) is 0.939. The molecule has 0 aromatic heterocycles. The predicted molar refractivity (Wildman–Crippen MR) is 340 cm³/mol. The zero-order chi connectivity index (χ0) is 63.1. The summed E-state index contributed by atoms with van der Waals surface area (Å²) >= 11 is 0. The summed E-state index contributed by atoms with van der Waals surface area (Å²) in [4.78, 5) is 72.2. The number of phosphoric acid groups is 2. The number of unbranched alkanes of at least 4 members (excludes halogenated alkanes) is 32. The van der Waals surface area contributed by atoms with Gasteiger partial charge < -0.3 is 33.8 Å². The third-order valence-corrected chi connectivity index (χ3v) is 17.0. The second-order valence-corrected chi connectivity index (χ2v) is 28.2. The highest BCUT2D eigenvalue weighted by Crippen LogP contribution is 2.45. The van der Waals surface area contributed by atoms with Crippen LogP contribution in [0.25, 0.3) is 0 Å². The number of rotatable bonds is 64. The van der Waals surface area contributed by atoms with E-state index in [9.17, 15) is 43.2 Å². The van der Waals surface area contributed by atoms with Gasteiger partial charge in [-0.15, -0.1) is 0 Å². The number of hydrogen-bond donors (Lipinski definition) is 3. The molecule has 504 valence electrons. The summed E-state index contributed by atoms with van der Waals surface area (Å²) in [5.74, 6) is 0.0312. The van der Waals surface area contributed by atoms with Crippen LogP contribution >= 0.6 is 15.6 Å². The van der Waals surface area contributed by atoms with Crippen molar-refractivity contribution in [2.45, 2.75) is 343 Å². The maximum atomic E-state index is 13.0. The van der Waals surface area contributed by atoms with Gasteiger partial charge in [0.1, 0.15) is 19.3 Å². The number of esters is 4. The van der Waals surface area contributed by atoms with Gasteiger partial charge in [0.2, 0.25) is 0 Å². The maximum absolute atomic E-state index is 13.0. The van der Waals surface area contributed by atoms with E-state index in [1.807, 2.05) is 0 Å². The Morgan fingerprint density at radius 3 is 0.800 bits per heavy atom. The van der Waals surface area contributed by atoms with Crippen LogP contribution in [-0.2, 0) is 65.4 Å². The van der Waals surface area contributed by atoms with Crippen LogP contribution in [0.2, 0.25) is 0 Å². The molecule has 0 amide bonds. The zero-order valence-electron chi connectivity index (χ0n) is 55.1. The number of aliphatic hydroxyl groups excluding tert-OH is 1. The number of hydrogen-bond acceptors (Lipinski definition) is 15. The molecule has 0 aliphatic heterocycles. The van der Waals surface area contributed by atoms with Crippen molar-refractivity contribution < 1.29 is 80.2 Å². The van der Waals surface area contributed by atoms with Crippen molar-refractivity contribution in [3.63, 3.8) is 0 Å². The van der Waals surface area contributed by atoms with Crippen LogP contribution in [0.15, 0.2) is 0 Å². The van der Waals surface area contributed by atoms with E-state index in [0.717, 1.165) is 102 Å². The van der Waals surface area contributed by atoms with E-state index in [2.05, 4.69) is 48.5 Å². The fourth-order valence-electron chi connectivity index (χ4n) is 9.83. The van der Waals surface area contributed by atoms with Crippen molar-refractivity contribution in [2.24, 2.45) is 17.8 Å². The highest BCUT2D eigenvalue weighted by Gasteiger charge is 2.30. The van der Waals surface area contributed by atoms with Gasteiger partial charge in [-0.1, -0.05) is 273 Å². The molecule has 0 radical (unpaired) electrons. The van der Waals surface area contributed by atoms with Crippen molar-refractivity contribution >= 4 is 39.5 Å². The van der Waals surface area contributed by atoms with E-state index in [4.69, 9.17) is 37.0 Å². The minimum absolute atomic E-state index is 0.102. The van der Waals surface area contributed by atoms with Crippen LogP contribution in [0.1, 0.15) is 325 Å². The van der Waals surface area contributed by atoms with Crippen LogP contribution in [0, 0.1) is 17.8 Å². The summed E-state index contributed by atoms with van der Waals surface area (Å²) in [6.45, 7) is 11.7. The second kappa shape index (κ2) is 57.2. The fourth-order valence-corrected chi connectivity index (χ4v) is 11.4. The first-order chi connectivity index (χ1) is 40.7. The van der Waals surface area contributed by atoms with Crippen molar-refractivity contribution in [3.05, 3.63) is 0 Å². The quantitative estimate of drug-likeness (QED) is 0.0222. The number of aliphatic hydroxyl groups is 1. The molecule has 0 heterocycles. The Bertz CT molecular complexity index is 1680. The monoisotopic (exact) mass is 1250 g/mol. The van der Waals surface area contributed by atoms with E-state index < -0.39 is 97.5 Å². The predicted octanol–water partition coefficient (Wildman–Crippen LogP) is 18.3. The number of carbonyl (C=O) groups excluding carboxylic acids is 4. The van der Waals surface area contributed by atoms with Gasteiger partial charge in [-0.25, -0.2) is 9.13 Å². The summed E-state index contributed by atoms with van der Waals surface area (Å²) < 4.78 is 68.0. The normalized spacial score (nSPS) is 14.3. The van der Waals surface area contributed by atoms with Gasteiger partial charge in [-0.05, 0) is 43.4 Å². The van der Waals surface area contributed by atoms with Crippen LogP contribution in [-0.4, -0.2) is 96.7 Å². The van der Waals surface area contributed by atoms with E-state index in [1.165, 1.54) is 128 Å². The topological polar surface area (TPSA) is 237 Å². The minimum Gasteiger partial charge on any atom is -0.462 e. The van der Waals surface area contributed by atoms with Gasteiger partial charge in [0.15, 0.2) is 12.2 Å². The molecule has 0 aromatic carbocycles. The molecule has 0 aliphatic carbocycles. The lowest BCUT2D eigenvalue weighted by molar-refractivity contribution is -0.161. The third kappa shape index (κ3) is 60.7. The third-order valence-electron chi connectivity index (χ3n) is 15.1. The Balaban J connectivity index is 5.20. The molecular formula is C66H128O17P2. The smallest absolute Gasteiger partial charge is 0.462 e. The van der Waals surface area contributed by atoms with Gasteiger partial charge in [0, 0.05) is 25.7 Å². The lowest BCUT2D eigenvalue weighted by Crippen LogP contribution is -2.30. The number of phosphoric ester groups is 2. The molecule has 85 heavy (non-hydrogen) atoms. The van der Waals surface area contributed by atoms with E-state index in [1.54, 1.807) is 0 Å². The van der Waals surface area contributed by atoms with Crippen molar-refractivity contribution in [1.29, 1.82) is 0 Å². The molecule has 0 spiro atoms. The zero-order valence-corrected chi connectivity index (χ0v) is 56.9. The lowest BCUT2D eigenvalue weighted by Gasteiger charge is -2.21. The molecule has 5 atom stereocenters. The Hall–Kier alpha value is -1.94. The molecule has 0 bridgehead atoms. The largest absolute Gasteiger partial charge is 0.472 e. The Labute approximate surface area is 517 Å². The first-order valence-corrected chi connectivity index (χ1v) is 37.3. The highest BCUT2D eigenvalue weighted by molar-refractivity contribution is 7.47. The number of ether oxygens (including phenoxy) is 4. The molecule has 3 N–H and O–H groups in total. The molecular weight excluding hydrogens is 1130 g/mol. The van der Waals surface area contributed by atoms with Crippen molar-refractivity contribution in [2.75, 3.05) is 39.6 Å². The molecule has 17 nitrogen and oxygen atoms in total. The van der Waals surface area contributed by atoms with Gasteiger partial charge in [0.25, 0.3) is 0 Å². The van der Waals surface area contributed by atoms with Gasteiger partial charge in [0.05, 0.1) is 26.4 Å². The summed E-state index contributed by atoms with van der Waals surface area (Å²) in [6.07, 6.45) is 39.2. The summed E-state index contributed by atoms with van der Waals surface area (Å²) in [5, 5.41) is 10.5. The van der Waals surface area contributed by atoms with Crippen LogP contribution in [0.4, 0.5) is 0 Å². The van der Waals surface area contributed by atoms with E-state index >= 15 is 0 Å². The average molecular weight is 1260 g/mol. The van der Waals surface area contributed by atoms with E-state index in [0.29, 0.717) is 37.5 Å². The highest BCUT2D eigenvalue weighted by atomic mass is 31.2. The summed E-state index contributed by atoms with van der Waals surface area (Å²) in [5.41, 5.74) is 0. The molecule has 0 aromatic rings. The number of carbonyl (C=O) groups is 4.